The Balaban J connectivity index is 2.02. The van der Waals surface area contributed by atoms with E-state index in [1.165, 1.54) is 11.3 Å². The topological polar surface area (TPSA) is 65.5 Å². The molecule has 0 spiro atoms. The van der Waals surface area contributed by atoms with Crippen LogP contribution in [0, 0.1) is 11.8 Å². The molecule has 1 atom stereocenters. The highest BCUT2D eigenvalue weighted by Crippen LogP contribution is 2.31. The molecule has 5 nitrogen and oxygen atoms in total. The van der Waals surface area contributed by atoms with Crippen LogP contribution in [0.15, 0.2) is 28.6 Å². The number of hydrogen-bond donors (Lipinski definition) is 0. The SMILES string of the molecule is CC(C)OC(=O)C(C(=O)OSc1nc2ccccc2s1)C(C)C. The average Bonchev–Trinajstić information content (AvgIpc) is 2.86. The molecule has 0 amide bonds. The van der Waals surface area contributed by atoms with Gasteiger partial charge in [0.05, 0.1) is 16.3 Å². The van der Waals surface area contributed by atoms with Gasteiger partial charge in [-0.2, -0.15) is 0 Å². The van der Waals surface area contributed by atoms with E-state index in [0.29, 0.717) is 4.34 Å². The van der Waals surface area contributed by atoms with Crippen LogP contribution in [0.1, 0.15) is 27.7 Å². The van der Waals surface area contributed by atoms with Crippen molar-refractivity contribution in [2.24, 2.45) is 11.8 Å². The van der Waals surface area contributed by atoms with Crippen molar-refractivity contribution in [2.45, 2.75) is 38.1 Å². The number of hydrogen-bond acceptors (Lipinski definition) is 7. The van der Waals surface area contributed by atoms with Gasteiger partial charge in [0, 0.05) is 0 Å². The van der Waals surface area contributed by atoms with Gasteiger partial charge in [0.1, 0.15) is 12.0 Å². The maximum atomic E-state index is 12.2. The van der Waals surface area contributed by atoms with Crippen LogP contribution < -0.4 is 0 Å². The van der Waals surface area contributed by atoms with E-state index < -0.39 is 17.9 Å². The van der Waals surface area contributed by atoms with E-state index in [-0.39, 0.29) is 12.0 Å². The molecule has 0 bridgehead atoms. The van der Waals surface area contributed by atoms with Gasteiger partial charge >= 0.3 is 11.9 Å². The molecule has 23 heavy (non-hydrogen) atoms. The highest BCUT2D eigenvalue weighted by molar-refractivity contribution is 7.97. The van der Waals surface area contributed by atoms with Gasteiger partial charge in [-0.25, -0.2) is 4.98 Å². The normalized spacial score (nSPS) is 12.6. The second kappa shape index (κ2) is 7.79. The largest absolute Gasteiger partial charge is 0.462 e. The summed E-state index contributed by atoms with van der Waals surface area (Å²) in [5.41, 5.74) is 0.857. The van der Waals surface area contributed by atoms with Gasteiger partial charge in [0.2, 0.25) is 0 Å². The number of ether oxygens (including phenoxy) is 1. The molecule has 0 aliphatic rings. The summed E-state index contributed by atoms with van der Waals surface area (Å²) in [4.78, 5) is 28.6. The van der Waals surface area contributed by atoms with E-state index in [1.807, 2.05) is 24.3 Å². The molecule has 0 fully saturated rings. The first kappa shape index (κ1) is 17.7. The number of para-hydroxylation sites is 1. The molecular weight excluding hydrogens is 334 g/mol. The van der Waals surface area contributed by atoms with Crippen LogP contribution in [0.5, 0.6) is 0 Å². The van der Waals surface area contributed by atoms with Crippen molar-refractivity contribution in [2.75, 3.05) is 0 Å². The van der Waals surface area contributed by atoms with Gasteiger partial charge in [0.25, 0.3) is 0 Å². The lowest BCUT2D eigenvalue weighted by Gasteiger charge is -2.18. The zero-order valence-electron chi connectivity index (χ0n) is 13.4. The summed E-state index contributed by atoms with van der Waals surface area (Å²) >= 11 is 2.32. The first-order valence-corrected chi connectivity index (χ1v) is 8.88. The van der Waals surface area contributed by atoms with Crippen LogP contribution in [0.3, 0.4) is 0 Å². The molecule has 7 heteroatoms. The number of carbonyl (C=O) groups excluding carboxylic acids is 2. The Morgan fingerprint density at radius 3 is 2.43 bits per heavy atom. The van der Waals surface area contributed by atoms with Crippen LogP contribution in [0.4, 0.5) is 0 Å². The second-order valence-corrected chi connectivity index (χ2v) is 7.65. The molecule has 1 aromatic carbocycles. The Hall–Kier alpha value is -1.60. The van der Waals surface area contributed by atoms with Crippen LogP contribution in [-0.4, -0.2) is 23.0 Å². The van der Waals surface area contributed by atoms with E-state index in [4.69, 9.17) is 8.92 Å². The first-order valence-electron chi connectivity index (χ1n) is 7.33. The van der Waals surface area contributed by atoms with E-state index in [2.05, 4.69) is 4.98 Å². The fourth-order valence-electron chi connectivity index (χ4n) is 1.96. The number of esters is 1. The van der Waals surface area contributed by atoms with Crippen molar-refractivity contribution >= 4 is 45.5 Å². The quantitative estimate of drug-likeness (QED) is 0.443. The van der Waals surface area contributed by atoms with E-state index in [9.17, 15) is 9.59 Å². The molecule has 0 N–H and O–H groups in total. The molecule has 1 heterocycles. The number of thiazole rings is 1. The summed E-state index contributed by atoms with van der Waals surface area (Å²) in [5.74, 6) is -2.29. The number of benzene rings is 1. The summed E-state index contributed by atoms with van der Waals surface area (Å²) in [6.07, 6.45) is -0.270. The lowest BCUT2D eigenvalue weighted by atomic mass is 9.96. The summed E-state index contributed by atoms with van der Waals surface area (Å²) in [5, 5.41) is 0. The minimum absolute atomic E-state index is 0.204. The maximum absolute atomic E-state index is 12.2. The summed E-state index contributed by atoms with van der Waals surface area (Å²) < 4.78 is 12.0. The molecule has 0 saturated heterocycles. The minimum atomic E-state index is -0.931. The van der Waals surface area contributed by atoms with Gasteiger partial charge in [-0.1, -0.05) is 26.0 Å². The highest BCUT2D eigenvalue weighted by Gasteiger charge is 2.34. The van der Waals surface area contributed by atoms with Crippen LogP contribution in [0.25, 0.3) is 10.2 Å². The lowest BCUT2D eigenvalue weighted by molar-refractivity contribution is -0.161. The van der Waals surface area contributed by atoms with Crippen molar-refractivity contribution in [3.05, 3.63) is 24.3 Å². The van der Waals surface area contributed by atoms with Crippen molar-refractivity contribution in [1.82, 2.24) is 4.98 Å². The van der Waals surface area contributed by atoms with Crippen molar-refractivity contribution in [3.63, 3.8) is 0 Å². The third-order valence-corrected chi connectivity index (χ3v) is 4.76. The highest BCUT2D eigenvalue weighted by atomic mass is 32.2. The van der Waals surface area contributed by atoms with Gasteiger partial charge in [-0.05, 0) is 31.9 Å². The third-order valence-electron chi connectivity index (χ3n) is 3.00. The predicted octanol–water partition coefficient (Wildman–Crippen LogP) is 4.07. The fraction of sp³-hybridized carbons (Fsp3) is 0.438. The zero-order chi connectivity index (χ0) is 17.0. The first-order chi connectivity index (χ1) is 10.9. The Morgan fingerprint density at radius 1 is 1.13 bits per heavy atom. The Kier molecular flexibility index (Phi) is 6.01. The fourth-order valence-corrected chi connectivity index (χ4v) is 3.56. The number of carbonyl (C=O) groups is 2. The summed E-state index contributed by atoms with van der Waals surface area (Å²) in [6, 6.07) is 7.68. The molecular formula is C16H19NO4S2. The van der Waals surface area contributed by atoms with Crippen molar-refractivity contribution < 1.29 is 18.5 Å². The Bertz CT molecular complexity index is 663. The van der Waals surface area contributed by atoms with Gasteiger partial charge in [-0.15, -0.1) is 11.3 Å². The van der Waals surface area contributed by atoms with E-state index in [0.717, 1.165) is 22.3 Å². The number of aromatic nitrogens is 1. The molecule has 2 rings (SSSR count). The summed E-state index contributed by atoms with van der Waals surface area (Å²) in [6.45, 7) is 7.07. The Labute approximate surface area is 143 Å². The number of fused-ring (bicyclic) bond motifs is 1. The standard InChI is InChI=1S/C16H19NO4S2/c1-9(2)13(14(18)20-10(3)4)15(19)21-23-16-17-11-7-5-6-8-12(11)22-16/h5-10,13H,1-4H3. The predicted molar refractivity (Wildman–Crippen MR) is 91.1 cm³/mol. The van der Waals surface area contributed by atoms with Crippen molar-refractivity contribution in [3.8, 4) is 0 Å². The summed E-state index contributed by atoms with van der Waals surface area (Å²) in [7, 11) is 0. The minimum Gasteiger partial charge on any atom is -0.462 e. The monoisotopic (exact) mass is 353 g/mol. The molecule has 0 aliphatic carbocycles. The van der Waals surface area contributed by atoms with Gasteiger partial charge in [-0.3, -0.25) is 9.59 Å². The van der Waals surface area contributed by atoms with Crippen molar-refractivity contribution in [1.29, 1.82) is 0 Å². The van der Waals surface area contributed by atoms with Gasteiger partial charge in [0.15, 0.2) is 10.3 Å². The second-order valence-electron chi connectivity index (χ2n) is 5.64. The molecule has 0 radical (unpaired) electrons. The van der Waals surface area contributed by atoms with E-state index in [1.54, 1.807) is 27.7 Å². The molecule has 0 aliphatic heterocycles. The van der Waals surface area contributed by atoms with Crippen LogP contribution in [-0.2, 0) is 18.5 Å². The maximum Gasteiger partial charge on any atom is 0.333 e. The van der Waals surface area contributed by atoms with Crippen LogP contribution in [0.2, 0.25) is 0 Å². The number of rotatable bonds is 6. The van der Waals surface area contributed by atoms with E-state index >= 15 is 0 Å². The van der Waals surface area contributed by atoms with Gasteiger partial charge < -0.3 is 8.92 Å². The zero-order valence-corrected chi connectivity index (χ0v) is 15.1. The Morgan fingerprint density at radius 2 is 1.83 bits per heavy atom. The molecule has 1 aromatic heterocycles. The lowest BCUT2D eigenvalue weighted by Crippen LogP contribution is -2.32. The van der Waals surface area contributed by atoms with Crippen LogP contribution >= 0.6 is 23.4 Å². The molecule has 1 unspecified atom stereocenters. The average molecular weight is 353 g/mol. The number of nitrogens with zero attached hydrogens (tertiary/aromatic N) is 1. The third kappa shape index (κ3) is 4.68. The molecule has 2 aromatic rings. The molecule has 0 saturated carbocycles. The molecule has 124 valence electrons. The smallest absolute Gasteiger partial charge is 0.333 e.